The normalized spacial score (nSPS) is 31.7. The van der Waals surface area contributed by atoms with Gasteiger partial charge in [0.25, 0.3) is 0 Å². The molecule has 1 atom stereocenters. The molecule has 2 heteroatoms. The molecule has 1 aliphatic rings. The molecule has 1 fully saturated rings. The van der Waals surface area contributed by atoms with Gasteiger partial charge in [-0.2, -0.15) is 0 Å². The van der Waals surface area contributed by atoms with Crippen molar-refractivity contribution in [3.8, 4) is 0 Å². The van der Waals surface area contributed by atoms with Crippen LogP contribution in [0, 0.1) is 5.92 Å². The predicted molar refractivity (Wildman–Crippen MR) is 38.8 cm³/mol. The summed E-state index contributed by atoms with van der Waals surface area (Å²) in [5.41, 5.74) is 0.153. The molecule has 1 saturated heterocycles. The first-order valence-electron chi connectivity index (χ1n) is 3.27. The second-order valence-electron chi connectivity index (χ2n) is 3.14. The first-order valence-corrected chi connectivity index (χ1v) is 3.27. The maximum atomic E-state index is 5.45. The van der Waals surface area contributed by atoms with Crippen molar-refractivity contribution in [1.82, 2.24) is 6.15 Å². The quantitative estimate of drug-likeness (QED) is 0.546. The van der Waals surface area contributed by atoms with Gasteiger partial charge in [0.2, 0.25) is 0 Å². The second kappa shape index (κ2) is 2.67. The highest BCUT2D eigenvalue weighted by Gasteiger charge is 2.31. The van der Waals surface area contributed by atoms with E-state index in [1.165, 1.54) is 6.42 Å². The van der Waals surface area contributed by atoms with Gasteiger partial charge < -0.3 is 10.9 Å². The summed E-state index contributed by atoms with van der Waals surface area (Å²) in [5.74, 6) is 0.738. The van der Waals surface area contributed by atoms with Crippen LogP contribution < -0.4 is 6.15 Å². The molecule has 0 saturated carbocycles. The number of ether oxygens (including phenoxy) is 1. The molecule has 0 amide bonds. The summed E-state index contributed by atoms with van der Waals surface area (Å²) in [6.07, 6.45) is 1.23. The molecule has 0 aromatic carbocycles. The lowest BCUT2D eigenvalue weighted by molar-refractivity contribution is 0.0153. The minimum Gasteiger partial charge on any atom is -0.375 e. The Hall–Kier alpha value is -0.0800. The lowest BCUT2D eigenvalue weighted by Crippen LogP contribution is -2.24. The Morgan fingerprint density at radius 2 is 2.00 bits per heavy atom. The lowest BCUT2D eigenvalue weighted by Gasteiger charge is -2.21. The maximum Gasteiger partial charge on any atom is 0.0652 e. The van der Waals surface area contributed by atoms with Crippen molar-refractivity contribution < 1.29 is 4.74 Å². The Morgan fingerprint density at radius 3 is 2.11 bits per heavy atom. The molecule has 0 bridgehead atoms. The first-order chi connectivity index (χ1) is 3.63. The van der Waals surface area contributed by atoms with Crippen molar-refractivity contribution in [2.24, 2.45) is 5.92 Å². The zero-order valence-electron chi connectivity index (χ0n) is 6.61. The van der Waals surface area contributed by atoms with Gasteiger partial charge >= 0.3 is 0 Å². The standard InChI is InChI=1S/C7H14O.H3N/c1-6-4-5-8-7(6,2)3;/h6H,4-5H2,1-3H3;1H3. The highest BCUT2D eigenvalue weighted by atomic mass is 16.5. The monoisotopic (exact) mass is 131 g/mol. The van der Waals surface area contributed by atoms with E-state index in [1.54, 1.807) is 0 Å². The van der Waals surface area contributed by atoms with Crippen LogP contribution in [0.4, 0.5) is 0 Å². The van der Waals surface area contributed by atoms with Crippen molar-refractivity contribution in [2.75, 3.05) is 6.61 Å². The molecule has 1 rings (SSSR count). The number of hydrogen-bond acceptors (Lipinski definition) is 2. The van der Waals surface area contributed by atoms with Crippen LogP contribution in [0.15, 0.2) is 0 Å². The van der Waals surface area contributed by atoms with Crippen molar-refractivity contribution in [3.63, 3.8) is 0 Å². The van der Waals surface area contributed by atoms with E-state index in [0.29, 0.717) is 0 Å². The Kier molecular flexibility index (Phi) is 2.65. The number of rotatable bonds is 0. The second-order valence-corrected chi connectivity index (χ2v) is 3.14. The summed E-state index contributed by atoms with van der Waals surface area (Å²) in [4.78, 5) is 0. The van der Waals surface area contributed by atoms with E-state index in [2.05, 4.69) is 20.8 Å². The van der Waals surface area contributed by atoms with Crippen LogP contribution in [0.1, 0.15) is 27.2 Å². The summed E-state index contributed by atoms with van der Waals surface area (Å²) in [7, 11) is 0. The fraction of sp³-hybridized carbons (Fsp3) is 1.00. The van der Waals surface area contributed by atoms with Crippen LogP contribution in [0.2, 0.25) is 0 Å². The van der Waals surface area contributed by atoms with Crippen LogP contribution in [0.5, 0.6) is 0 Å². The molecule has 1 unspecified atom stereocenters. The fourth-order valence-corrected chi connectivity index (χ4v) is 0.989. The molecule has 56 valence electrons. The third-order valence-corrected chi connectivity index (χ3v) is 2.21. The van der Waals surface area contributed by atoms with Crippen molar-refractivity contribution in [2.45, 2.75) is 32.8 Å². The van der Waals surface area contributed by atoms with Gasteiger partial charge in [0.15, 0.2) is 0 Å². The Bertz CT molecular complexity index is 90.9. The SMILES string of the molecule is CC1CCOC1(C)C.N. The molecule has 0 aromatic heterocycles. The Balaban J connectivity index is 0.000000640. The van der Waals surface area contributed by atoms with Gasteiger partial charge in [-0.05, 0) is 26.2 Å². The Labute approximate surface area is 57.2 Å². The average molecular weight is 131 g/mol. The zero-order chi connectivity index (χ0) is 6.20. The molecular weight excluding hydrogens is 114 g/mol. The van der Waals surface area contributed by atoms with Gasteiger partial charge in [-0.15, -0.1) is 0 Å². The molecule has 0 aromatic rings. The van der Waals surface area contributed by atoms with Crippen LogP contribution in [0.25, 0.3) is 0 Å². The van der Waals surface area contributed by atoms with Crippen LogP contribution in [-0.4, -0.2) is 12.2 Å². The van der Waals surface area contributed by atoms with E-state index in [9.17, 15) is 0 Å². The molecular formula is C7H17NO. The summed E-state index contributed by atoms with van der Waals surface area (Å²) in [6, 6.07) is 0. The predicted octanol–water partition coefficient (Wildman–Crippen LogP) is 1.98. The van der Waals surface area contributed by atoms with E-state index >= 15 is 0 Å². The minimum atomic E-state index is 0. The molecule has 3 N–H and O–H groups in total. The van der Waals surface area contributed by atoms with Gasteiger partial charge in [-0.1, -0.05) is 6.92 Å². The summed E-state index contributed by atoms with van der Waals surface area (Å²) in [6.45, 7) is 7.51. The van der Waals surface area contributed by atoms with Gasteiger partial charge in [-0.3, -0.25) is 0 Å². The third-order valence-electron chi connectivity index (χ3n) is 2.21. The summed E-state index contributed by atoms with van der Waals surface area (Å²) in [5, 5.41) is 0. The highest BCUT2D eigenvalue weighted by Crippen LogP contribution is 2.30. The van der Waals surface area contributed by atoms with Crippen LogP contribution >= 0.6 is 0 Å². The van der Waals surface area contributed by atoms with E-state index in [1.807, 2.05) is 0 Å². The van der Waals surface area contributed by atoms with E-state index in [-0.39, 0.29) is 11.8 Å². The zero-order valence-corrected chi connectivity index (χ0v) is 6.61. The average Bonchev–Trinajstić information content (AvgIpc) is 1.86. The first kappa shape index (κ1) is 8.92. The molecule has 1 aliphatic heterocycles. The van der Waals surface area contributed by atoms with Crippen molar-refractivity contribution >= 4 is 0 Å². The fourth-order valence-electron chi connectivity index (χ4n) is 0.989. The molecule has 2 nitrogen and oxygen atoms in total. The lowest BCUT2D eigenvalue weighted by atomic mass is 9.93. The van der Waals surface area contributed by atoms with Gasteiger partial charge in [0.1, 0.15) is 0 Å². The number of hydrogen-bond donors (Lipinski definition) is 1. The Morgan fingerprint density at radius 1 is 1.44 bits per heavy atom. The van der Waals surface area contributed by atoms with Crippen LogP contribution in [-0.2, 0) is 4.74 Å². The summed E-state index contributed by atoms with van der Waals surface area (Å²) < 4.78 is 5.45. The summed E-state index contributed by atoms with van der Waals surface area (Å²) >= 11 is 0. The van der Waals surface area contributed by atoms with Crippen LogP contribution in [0.3, 0.4) is 0 Å². The topological polar surface area (TPSA) is 44.2 Å². The van der Waals surface area contributed by atoms with Gasteiger partial charge in [-0.25, -0.2) is 0 Å². The molecule has 1 heterocycles. The molecule has 0 aliphatic carbocycles. The van der Waals surface area contributed by atoms with E-state index in [0.717, 1.165) is 12.5 Å². The van der Waals surface area contributed by atoms with Crippen molar-refractivity contribution in [1.29, 1.82) is 0 Å². The molecule has 9 heavy (non-hydrogen) atoms. The van der Waals surface area contributed by atoms with E-state index < -0.39 is 0 Å². The largest absolute Gasteiger partial charge is 0.375 e. The highest BCUT2D eigenvalue weighted by molar-refractivity contribution is 4.80. The van der Waals surface area contributed by atoms with E-state index in [4.69, 9.17) is 4.74 Å². The maximum absolute atomic E-state index is 5.45. The van der Waals surface area contributed by atoms with Crippen molar-refractivity contribution in [3.05, 3.63) is 0 Å². The third kappa shape index (κ3) is 1.66. The van der Waals surface area contributed by atoms with Gasteiger partial charge in [0.05, 0.1) is 5.60 Å². The van der Waals surface area contributed by atoms with Gasteiger partial charge in [0, 0.05) is 6.61 Å². The molecule has 0 spiro atoms. The smallest absolute Gasteiger partial charge is 0.0652 e. The molecule has 0 radical (unpaired) electrons. The minimum absolute atomic E-state index is 0.